The highest BCUT2D eigenvalue weighted by atomic mass is 79.9. The second kappa shape index (κ2) is 6.15. The van der Waals surface area contributed by atoms with Crippen molar-refractivity contribution in [3.8, 4) is 0 Å². The number of halogens is 1. The molecule has 0 aliphatic carbocycles. The fourth-order valence-electron chi connectivity index (χ4n) is 1.97. The number of aromatic nitrogens is 1. The highest BCUT2D eigenvalue weighted by Crippen LogP contribution is 2.05. The van der Waals surface area contributed by atoms with E-state index in [4.69, 9.17) is 0 Å². The van der Waals surface area contributed by atoms with Crippen LogP contribution in [0.3, 0.4) is 0 Å². The van der Waals surface area contributed by atoms with E-state index < -0.39 is 0 Å². The third-order valence-corrected chi connectivity index (χ3v) is 3.41. The van der Waals surface area contributed by atoms with E-state index in [-0.39, 0.29) is 18.0 Å². The van der Waals surface area contributed by atoms with Gasteiger partial charge in [0, 0.05) is 36.4 Å². The lowest BCUT2D eigenvalue weighted by atomic mass is 10.3. The van der Waals surface area contributed by atoms with Gasteiger partial charge in [0.1, 0.15) is 6.54 Å². The number of pyridine rings is 1. The quantitative estimate of drug-likeness (QED) is 0.861. The van der Waals surface area contributed by atoms with Crippen molar-refractivity contribution in [3.05, 3.63) is 33.2 Å². The largest absolute Gasteiger partial charge is 0.340 e. The molecule has 2 rings (SSSR count). The van der Waals surface area contributed by atoms with Gasteiger partial charge in [-0.05, 0) is 35.0 Å². The Morgan fingerprint density at radius 2 is 2.17 bits per heavy atom. The third-order valence-electron chi connectivity index (χ3n) is 2.95. The van der Waals surface area contributed by atoms with Gasteiger partial charge in [-0.3, -0.25) is 9.59 Å². The van der Waals surface area contributed by atoms with Crippen molar-refractivity contribution >= 4 is 21.8 Å². The fraction of sp³-hybridized carbons (Fsp3) is 0.500. The monoisotopic (exact) mass is 313 g/mol. The summed E-state index contributed by atoms with van der Waals surface area (Å²) in [5, 5.41) is 3.25. The molecule has 5 nitrogen and oxygen atoms in total. The van der Waals surface area contributed by atoms with Gasteiger partial charge in [0.25, 0.3) is 5.56 Å². The summed E-state index contributed by atoms with van der Waals surface area (Å²) in [5.74, 6) is -0.00102. The first-order valence-electron chi connectivity index (χ1n) is 6.01. The molecule has 2 heterocycles. The number of carbonyl (C=O) groups excluding carboxylic acids is 1. The van der Waals surface area contributed by atoms with Crippen molar-refractivity contribution in [2.75, 3.05) is 26.2 Å². The average Bonchev–Trinajstić information content (AvgIpc) is 2.62. The van der Waals surface area contributed by atoms with Crippen LogP contribution in [0.2, 0.25) is 0 Å². The lowest BCUT2D eigenvalue weighted by Crippen LogP contribution is -2.38. The van der Waals surface area contributed by atoms with E-state index in [1.54, 1.807) is 12.3 Å². The van der Waals surface area contributed by atoms with E-state index in [0.717, 1.165) is 30.5 Å². The van der Waals surface area contributed by atoms with Crippen molar-refractivity contribution in [1.82, 2.24) is 14.8 Å². The first-order chi connectivity index (χ1) is 8.66. The minimum absolute atomic E-state index is 0.00102. The third kappa shape index (κ3) is 3.43. The molecule has 1 aliphatic heterocycles. The second-order valence-corrected chi connectivity index (χ2v) is 5.21. The number of carbonyl (C=O) groups is 1. The van der Waals surface area contributed by atoms with Crippen LogP contribution in [0, 0.1) is 0 Å². The molecular formula is C12H16BrN3O2. The molecular weight excluding hydrogens is 298 g/mol. The Kier molecular flexibility index (Phi) is 4.54. The highest BCUT2D eigenvalue weighted by molar-refractivity contribution is 9.10. The molecule has 0 radical (unpaired) electrons. The summed E-state index contributed by atoms with van der Waals surface area (Å²) in [6.45, 7) is 3.34. The molecule has 0 saturated carbocycles. The maximum atomic E-state index is 12.1. The molecule has 1 aromatic rings. The standard InChI is InChI=1S/C12H16BrN3O2/c13-10-2-3-11(17)16(8-10)9-12(18)15-6-1-4-14-5-7-15/h2-3,8,14H,1,4-7,9H2. The van der Waals surface area contributed by atoms with Crippen LogP contribution < -0.4 is 10.9 Å². The number of hydrogen-bond acceptors (Lipinski definition) is 3. The normalized spacial score (nSPS) is 16.4. The molecule has 1 aliphatic rings. The van der Waals surface area contributed by atoms with Gasteiger partial charge in [-0.1, -0.05) is 0 Å². The smallest absolute Gasteiger partial charge is 0.251 e. The van der Waals surface area contributed by atoms with Gasteiger partial charge in [0.15, 0.2) is 0 Å². The Morgan fingerprint density at radius 3 is 3.00 bits per heavy atom. The SMILES string of the molecule is O=C(Cn1cc(Br)ccc1=O)N1CCCNCC1. The topological polar surface area (TPSA) is 54.3 Å². The average molecular weight is 314 g/mol. The molecule has 1 amide bonds. The van der Waals surface area contributed by atoms with E-state index in [1.807, 2.05) is 4.90 Å². The summed E-state index contributed by atoms with van der Waals surface area (Å²) in [6, 6.07) is 3.14. The molecule has 1 aromatic heterocycles. The van der Waals surface area contributed by atoms with Crippen molar-refractivity contribution in [2.24, 2.45) is 0 Å². The van der Waals surface area contributed by atoms with Gasteiger partial charge in [-0.25, -0.2) is 0 Å². The summed E-state index contributed by atoms with van der Waals surface area (Å²) in [5.41, 5.74) is -0.153. The predicted molar refractivity (Wildman–Crippen MR) is 72.5 cm³/mol. The highest BCUT2D eigenvalue weighted by Gasteiger charge is 2.15. The number of hydrogen-bond donors (Lipinski definition) is 1. The van der Waals surface area contributed by atoms with E-state index >= 15 is 0 Å². The predicted octanol–water partition coefficient (Wildman–Crippen LogP) is 0.433. The summed E-state index contributed by atoms with van der Waals surface area (Å²) >= 11 is 3.30. The molecule has 0 spiro atoms. The van der Waals surface area contributed by atoms with E-state index in [0.29, 0.717) is 6.54 Å². The molecule has 0 bridgehead atoms. The Balaban J connectivity index is 2.05. The van der Waals surface area contributed by atoms with Crippen LogP contribution in [0.15, 0.2) is 27.6 Å². The minimum atomic E-state index is -0.153. The molecule has 6 heteroatoms. The van der Waals surface area contributed by atoms with E-state index in [9.17, 15) is 9.59 Å². The van der Waals surface area contributed by atoms with Crippen LogP contribution >= 0.6 is 15.9 Å². The number of amides is 1. The van der Waals surface area contributed by atoms with E-state index in [1.165, 1.54) is 10.6 Å². The van der Waals surface area contributed by atoms with Gasteiger partial charge in [-0.15, -0.1) is 0 Å². The second-order valence-electron chi connectivity index (χ2n) is 4.30. The number of nitrogens with one attached hydrogen (secondary N) is 1. The van der Waals surface area contributed by atoms with Crippen LogP contribution in [0.1, 0.15) is 6.42 Å². The van der Waals surface area contributed by atoms with Gasteiger partial charge in [-0.2, -0.15) is 0 Å². The van der Waals surface area contributed by atoms with Crippen LogP contribution in [-0.4, -0.2) is 41.6 Å². The van der Waals surface area contributed by atoms with Crippen LogP contribution in [0.5, 0.6) is 0 Å². The first kappa shape index (κ1) is 13.3. The molecule has 18 heavy (non-hydrogen) atoms. The lowest BCUT2D eigenvalue weighted by Gasteiger charge is -2.20. The number of rotatable bonds is 2. The van der Waals surface area contributed by atoms with Crippen molar-refractivity contribution in [1.29, 1.82) is 0 Å². The Labute approximate surface area is 114 Å². The maximum absolute atomic E-state index is 12.1. The van der Waals surface area contributed by atoms with Gasteiger partial charge < -0.3 is 14.8 Å². The Bertz CT molecular complexity index is 478. The zero-order valence-corrected chi connectivity index (χ0v) is 11.6. The minimum Gasteiger partial charge on any atom is -0.340 e. The molecule has 98 valence electrons. The fourth-order valence-corrected chi connectivity index (χ4v) is 2.35. The van der Waals surface area contributed by atoms with Gasteiger partial charge in [0.05, 0.1) is 0 Å². The molecule has 0 atom stereocenters. The first-order valence-corrected chi connectivity index (χ1v) is 6.80. The molecule has 1 N–H and O–H groups in total. The zero-order valence-electron chi connectivity index (χ0n) is 10.1. The molecule has 1 saturated heterocycles. The van der Waals surface area contributed by atoms with Crippen LogP contribution in [-0.2, 0) is 11.3 Å². The lowest BCUT2D eigenvalue weighted by molar-refractivity contribution is -0.131. The molecule has 0 aromatic carbocycles. The molecule has 1 fully saturated rings. The van der Waals surface area contributed by atoms with Gasteiger partial charge >= 0.3 is 0 Å². The summed E-state index contributed by atoms with van der Waals surface area (Å²) in [6.07, 6.45) is 2.61. The maximum Gasteiger partial charge on any atom is 0.251 e. The van der Waals surface area contributed by atoms with Crippen LogP contribution in [0.25, 0.3) is 0 Å². The number of nitrogens with zero attached hydrogens (tertiary/aromatic N) is 2. The summed E-state index contributed by atoms with van der Waals surface area (Å²) < 4.78 is 2.23. The molecule has 0 unspecified atom stereocenters. The van der Waals surface area contributed by atoms with Crippen molar-refractivity contribution in [3.63, 3.8) is 0 Å². The Morgan fingerprint density at radius 1 is 1.33 bits per heavy atom. The van der Waals surface area contributed by atoms with Crippen molar-refractivity contribution < 1.29 is 4.79 Å². The summed E-state index contributed by atoms with van der Waals surface area (Å²) in [4.78, 5) is 25.5. The Hall–Kier alpha value is -1.14. The zero-order chi connectivity index (χ0) is 13.0. The van der Waals surface area contributed by atoms with Crippen molar-refractivity contribution in [2.45, 2.75) is 13.0 Å². The van der Waals surface area contributed by atoms with E-state index in [2.05, 4.69) is 21.2 Å². The van der Waals surface area contributed by atoms with Crippen LogP contribution in [0.4, 0.5) is 0 Å². The van der Waals surface area contributed by atoms with Gasteiger partial charge in [0.2, 0.25) is 5.91 Å². The summed E-state index contributed by atoms with van der Waals surface area (Å²) in [7, 11) is 0.